The van der Waals surface area contributed by atoms with Gasteiger partial charge in [0.25, 0.3) is 0 Å². The third kappa shape index (κ3) is 3.16. The van der Waals surface area contributed by atoms with E-state index in [1.165, 1.54) is 11.1 Å². The Morgan fingerprint density at radius 3 is 2.12 bits per heavy atom. The van der Waals surface area contributed by atoms with Crippen LogP contribution in [-0.4, -0.2) is 9.75 Å². The van der Waals surface area contributed by atoms with Gasteiger partial charge in [0, 0.05) is 5.54 Å². The smallest absolute Gasteiger partial charge is 0.125 e. The normalized spacial score (nSPS) is 13.9. The number of benzene rings is 1. The van der Waals surface area contributed by atoms with Crippen LogP contribution >= 0.6 is 0 Å². The van der Waals surface area contributed by atoms with E-state index in [1.54, 1.807) is 0 Å². The molecule has 2 nitrogen and oxygen atoms in total. The maximum Gasteiger partial charge on any atom is 0.125 e. The van der Waals surface area contributed by atoms with Crippen LogP contribution in [0.2, 0.25) is 0 Å². The molecular formula is C13H21NOS. The van der Waals surface area contributed by atoms with Gasteiger partial charge >= 0.3 is 0 Å². The Morgan fingerprint density at radius 2 is 1.62 bits per heavy atom. The van der Waals surface area contributed by atoms with Crippen molar-refractivity contribution in [1.82, 2.24) is 4.72 Å². The number of aryl methyl sites for hydroxylation is 1. The fraction of sp³-hybridized carbons (Fsp3) is 0.538. The van der Waals surface area contributed by atoms with E-state index in [0.29, 0.717) is 0 Å². The predicted molar refractivity (Wildman–Crippen MR) is 70.0 cm³/mol. The number of hydrogen-bond acceptors (Lipinski definition) is 1. The van der Waals surface area contributed by atoms with Crippen LogP contribution < -0.4 is 4.72 Å². The van der Waals surface area contributed by atoms with Gasteiger partial charge in [0.05, 0.1) is 4.90 Å². The van der Waals surface area contributed by atoms with Crippen LogP contribution in [0.25, 0.3) is 0 Å². The van der Waals surface area contributed by atoms with Crippen LogP contribution in [0.5, 0.6) is 0 Å². The lowest BCUT2D eigenvalue weighted by atomic mass is 10.1. The largest absolute Gasteiger partial charge is 0.237 e. The zero-order valence-corrected chi connectivity index (χ0v) is 11.8. The van der Waals surface area contributed by atoms with Crippen molar-refractivity contribution >= 4 is 11.0 Å². The van der Waals surface area contributed by atoms with Crippen molar-refractivity contribution in [2.75, 3.05) is 0 Å². The average molecular weight is 239 g/mol. The minimum atomic E-state index is -1.13. The Kier molecular flexibility index (Phi) is 3.92. The highest BCUT2D eigenvalue weighted by Gasteiger charge is 2.16. The van der Waals surface area contributed by atoms with E-state index in [0.717, 1.165) is 10.5 Å². The molecule has 0 bridgehead atoms. The second kappa shape index (κ2) is 4.68. The fourth-order valence-corrected chi connectivity index (χ4v) is 2.75. The fourth-order valence-electron chi connectivity index (χ4n) is 1.47. The van der Waals surface area contributed by atoms with Crippen LogP contribution in [0.3, 0.4) is 0 Å². The van der Waals surface area contributed by atoms with Gasteiger partial charge in [0.2, 0.25) is 0 Å². The highest BCUT2D eigenvalue weighted by Crippen LogP contribution is 2.20. The van der Waals surface area contributed by atoms with E-state index < -0.39 is 11.0 Å². The molecule has 0 aliphatic carbocycles. The Hall–Kier alpha value is -0.670. The summed E-state index contributed by atoms with van der Waals surface area (Å²) in [7, 11) is -1.13. The van der Waals surface area contributed by atoms with Gasteiger partial charge in [-0.2, -0.15) is 0 Å². The lowest BCUT2D eigenvalue weighted by Crippen LogP contribution is -2.37. The molecule has 1 aromatic rings. The molecule has 0 aliphatic rings. The first-order chi connectivity index (χ1) is 7.22. The minimum Gasteiger partial charge on any atom is -0.237 e. The van der Waals surface area contributed by atoms with E-state index in [2.05, 4.69) is 18.6 Å². The lowest BCUT2D eigenvalue weighted by molar-refractivity contribution is 0.519. The van der Waals surface area contributed by atoms with Gasteiger partial charge in [-0.25, -0.2) is 8.93 Å². The molecule has 0 saturated carbocycles. The molecular weight excluding hydrogens is 218 g/mol. The molecule has 0 aromatic heterocycles. The monoisotopic (exact) mass is 239 g/mol. The molecule has 0 amide bonds. The Balaban J connectivity index is 3.06. The van der Waals surface area contributed by atoms with E-state index >= 15 is 0 Å². The van der Waals surface area contributed by atoms with Crippen LogP contribution in [0.1, 0.15) is 37.5 Å². The summed E-state index contributed by atoms with van der Waals surface area (Å²) in [5, 5.41) is 0. The molecule has 1 N–H and O–H groups in total. The quantitative estimate of drug-likeness (QED) is 0.844. The molecule has 1 rings (SSSR count). The standard InChI is InChI=1S/C13H21NOS/c1-9-7-8-12(11(3)10(9)2)16(15)14-13(4,5)6/h7-8,14H,1-6H3. The molecule has 0 spiro atoms. The lowest BCUT2D eigenvalue weighted by Gasteiger charge is -2.21. The molecule has 1 aromatic carbocycles. The summed E-state index contributed by atoms with van der Waals surface area (Å²) in [5.41, 5.74) is 3.45. The van der Waals surface area contributed by atoms with Gasteiger partial charge in [-0.3, -0.25) is 0 Å². The summed E-state index contributed by atoms with van der Waals surface area (Å²) in [6.45, 7) is 12.2. The Bertz CT molecular complexity index is 419. The second-order valence-electron chi connectivity index (χ2n) is 5.25. The summed E-state index contributed by atoms with van der Waals surface area (Å²) in [6, 6.07) is 3.98. The molecule has 1 atom stereocenters. The summed E-state index contributed by atoms with van der Waals surface area (Å²) >= 11 is 0. The van der Waals surface area contributed by atoms with E-state index in [1.807, 2.05) is 39.8 Å². The highest BCUT2D eigenvalue weighted by atomic mass is 32.2. The first-order valence-corrected chi connectivity index (χ1v) is 6.64. The van der Waals surface area contributed by atoms with Gasteiger partial charge < -0.3 is 0 Å². The zero-order valence-electron chi connectivity index (χ0n) is 11.0. The highest BCUT2D eigenvalue weighted by molar-refractivity contribution is 7.83. The summed E-state index contributed by atoms with van der Waals surface area (Å²) in [5.74, 6) is 0. The molecule has 0 fully saturated rings. The molecule has 0 aliphatic heterocycles. The molecule has 3 heteroatoms. The van der Waals surface area contributed by atoms with E-state index in [-0.39, 0.29) is 5.54 Å². The van der Waals surface area contributed by atoms with Crippen molar-refractivity contribution in [3.8, 4) is 0 Å². The number of rotatable bonds is 2. The zero-order chi connectivity index (χ0) is 12.5. The first kappa shape index (κ1) is 13.4. The van der Waals surface area contributed by atoms with Crippen molar-refractivity contribution in [2.24, 2.45) is 0 Å². The maximum atomic E-state index is 12.1. The molecule has 1 unspecified atom stereocenters. The minimum absolute atomic E-state index is 0.143. The van der Waals surface area contributed by atoms with Crippen LogP contribution in [0.4, 0.5) is 0 Å². The Morgan fingerprint density at radius 1 is 1.06 bits per heavy atom. The van der Waals surface area contributed by atoms with Crippen molar-refractivity contribution in [2.45, 2.75) is 52.0 Å². The second-order valence-corrected chi connectivity index (χ2v) is 6.43. The Labute approximate surface area is 101 Å². The molecule has 90 valence electrons. The van der Waals surface area contributed by atoms with E-state index in [9.17, 15) is 4.21 Å². The van der Waals surface area contributed by atoms with Crippen molar-refractivity contribution in [1.29, 1.82) is 0 Å². The molecule has 0 heterocycles. The summed E-state index contributed by atoms with van der Waals surface area (Å²) < 4.78 is 15.2. The molecule has 16 heavy (non-hydrogen) atoms. The van der Waals surface area contributed by atoms with Crippen LogP contribution in [0.15, 0.2) is 17.0 Å². The van der Waals surface area contributed by atoms with Gasteiger partial charge in [-0.1, -0.05) is 6.07 Å². The van der Waals surface area contributed by atoms with Crippen molar-refractivity contribution in [3.63, 3.8) is 0 Å². The molecule has 0 radical (unpaired) electrons. The van der Waals surface area contributed by atoms with Gasteiger partial charge in [-0.05, 0) is 64.3 Å². The van der Waals surface area contributed by atoms with Crippen molar-refractivity contribution in [3.05, 3.63) is 28.8 Å². The molecule has 0 saturated heterocycles. The van der Waals surface area contributed by atoms with Crippen LogP contribution in [0, 0.1) is 20.8 Å². The topological polar surface area (TPSA) is 29.1 Å². The summed E-state index contributed by atoms with van der Waals surface area (Å²) in [6.07, 6.45) is 0. The first-order valence-electron chi connectivity index (χ1n) is 5.49. The van der Waals surface area contributed by atoms with E-state index in [4.69, 9.17) is 0 Å². The summed E-state index contributed by atoms with van der Waals surface area (Å²) in [4.78, 5) is 0.887. The maximum absolute atomic E-state index is 12.1. The third-order valence-corrected chi connectivity index (χ3v) is 4.25. The van der Waals surface area contributed by atoms with Gasteiger partial charge in [0.1, 0.15) is 11.0 Å². The van der Waals surface area contributed by atoms with Crippen molar-refractivity contribution < 1.29 is 4.21 Å². The SMILES string of the molecule is Cc1ccc(S(=O)NC(C)(C)C)c(C)c1C. The van der Waals surface area contributed by atoms with Crippen LogP contribution in [-0.2, 0) is 11.0 Å². The number of hydrogen-bond donors (Lipinski definition) is 1. The number of nitrogens with one attached hydrogen (secondary N) is 1. The van der Waals surface area contributed by atoms with Gasteiger partial charge in [-0.15, -0.1) is 0 Å². The predicted octanol–water partition coefficient (Wildman–Crippen LogP) is 3.02. The average Bonchev–Trinajstić information content (AvgIpc) is 2.11. The van der Waals surface area contributed by atoms with Gasteiger partial charge in [0.15, 0.2) is 0 Å². The third-order valence-electron chi connectivity index (χ3n) is 2.61.